The second-order valence-corrected chi connectivity index (χ2v) is 8.84. The van der Waals surface area contributed by atoms with Crippen LogP contribution in [0.3, 0.4) is 0 Å². The smallest absolute Gasteiger partial charge is 0.319 e. The van der Waals surface area contributed by atoms with E-state index in [0.29, 0.717) is 42.1 Å². The fourth-order valence-corrected chi connectivity index (χ4v) is 5.10. The van der Waals surface area contributed by atoms with Crippen molar-refractivity contribution in [3.63, 3.8) is 0 Å². The van der Waals surface area contributed by atoms with Gasteiger partial charge < -0.3 is 24.4 Å². The van der Waals surface area contributed by atoms with Gasteiger partial charge in [0.25, 0.3) is 0 Å². The number of nitriles is 1. The van der Waals surface area contributed by atoms with E-state index in [-0.39, 0.29) is 22.3 Å². The van der Waals surface area contributed by atoms with Crippen molar-refractivity contribution >= 4 is 45.5 Å². The zero-order chi connectivity index (χ0) is 23.3. The van der Waals surface area contributed by atoms with E-state index in [1.807, 2.05) is 0 Å². The minimum atomic E-state index is -1.24. The number of allylic oxidation sites excluding steroid dienone is 1. The standard InChI is InChI=1S/C21H22BrN3O6S/c1-29-15-4-3-12(9-14(15)22)17-13(10-23)20(24-19(27)18(17)21(28)30-2)32-11-16(26)25-5-7-31-8-6-25/h3-4,9,17-18H,5-8,11H2,1-2H3,(H,24,27)/t17-,18+/m1/s1. The van der Waals surface area contributed by atoms with Gasteiger partial charge in [-0.25, -0.2) is 0 Å². The average Bonchev–Trinajstić information content (AvgIpc) is 2.81. The third-order valence-electron chi connectivity index (χ3n) is 5.22. The van der Waals surface area contributed by atoms with Crippen molar-refractivity contribution < 1.29 is 28.6 Å². The molecule has 0 spiro atoms. The number of hydrogen-bond acceptors (Lipinski definition) is 8. The van der Waals surface area contributed by atoms with Crippen molar-refractivity contribution in [3.05, 3.63) is 38.8 Å². The van der Waals surface area contributed by atoms with Gasteiger partial charge in [-0.1, -0.05) is 17.8 Å². The Bertz CT molecular complexity index is 986. The number of thioether (sulfide) groups is 1. The van der Waals surface area contributed by atoms with Gasteiger partial charge in [0.15, 0.2) is 0 Å². The highest BCUT2D eigenvalue weighted by molar-refractivity contribution is 9.10. The van der Waals surface area contributed by atoms with Gasteiger partial charge in [-0.15, -0.1) is 0 Å². The lowest BCUT2D eigenvalue weighted by Crippen LogP contribution is -2.45. The summed E-state index contributed by atoms with van der Waals surface area (Å²) in [5.41, 5.74) is 0.758. The number of methoxy groups -OCH3 is 2. The number of morpholine rings is 1. The van der Waals surface area contributed by atoms with E-state index in [2.05, 4.69) is 27.3 Å². The highest BCUT2D eigenvalue weighted by Crippen LogP contribution is 2.42. The molecule has 2 aliphatic rings. The molecule has 3 rings (SSSR count). The largest absolute Gasteiger partial charge is 0.496 e. The summed E-state index contributed by atoms with van der Waals surface area (Å²) in [5.74, 6) is -2.95. The van der Waals surface area contributed by atoms with Crippen molar-refractivity contribution in [1.82, 2.24) is 10.2 Å². The normalized spacial score (nSPS) is 20.9. The molecule has 32 heavy (non-hydrogen) atoms. The molecule has 0 aromatic heterocycles. The van der Waals surface area contributed by atoms with E-state index in [4.69, 9.17) is 14.2 Å². The molecule has 0 bridgehead atoms. The third kappa shape index (κ3) is 5.09. The quantitative estimate of drug-likeness (QED) is 0.442. The fourth-order valence-electron chi connectivity index (χ4n) is 3.59. The van der Waals surface area contributed by atoms with E-state index < -0.39 is 23.7 Å². The van der Waals surface area contributed by atoms with Gasteiger partial charge in [-0.3, -0.25) is 14.4 Å². The predicted molar refractivity (Wildman–Crippen MR) is 120 cm³/mol. The average molecular weight is 524 g/mol. The number of hydrogen-bond donors (Lipinski definition) is 1. The van der Waals surface area contributed by atoms with Crippen molar-refractivity contribution in [2.45, 2.75) is 5.92 Å². The van der Waals surface area contributed by atoms with Crippen LogP contribution >= 0.6 is 27.7 Å². The van der Waals surface area contributed by atoms with E-state index in [0.717, 1.165) is 11.8 Å². The minimum Gasteiger partial charge on any atom is -0.496 e. The van der Waals surface area contributed by atoms with Gasteiger partial charge >= 0.3 is 5.97 Å². The van der Waals surface area contributed by atoms with Crippen molar-refractivity contribution in [1.29, 1.82) is 5.26 Å². The molecule has 1 aromatic rings. The number of carbonyl (C=O) groups excluding carboxylic acids is 3. The van der Waals surface area contributed by atoms with Crippen LogP contribution in [0.1, 0.15) is 11.5 Å². The molecule has 170 valence electrons. The number of nitrogens with zero attached hydrogens (tertiary/aromatic N) is 2. The number of esters is 1. The number of benzene rings is 1. The summed E-state index contributed by atoms with van der Waals surface area (Å²) >= 11 is 4.48. The lowest BCUT2D eigenvalue weighted by molar-refractivity contribution is -0.150. The molecule has 11 heteroatoms. The van der Waals surface area contributed by atoms with Crippen molar-refractivity contribution in [2.75, 3.05) is 46.3 Å². The van der Waals surface area contributed by atoms with Crippen LogP contribution in [-0.2, 0) is 23.9 Å². The van der Waals surface area contributed by atoms with Crippen molar-refractivity contribution in [3.8, 4) is 11.8 Å². The Balaban J connectivity index is 1.95. The van der Waals surface area contributed by atoms with Crippen LogP contribution in [0, 0.1) is 17.2 Å². The maximum Gasteiger partial charge on any atom is 0.319 e. The summed E-state index contributed by atoms with van der Waals surface area (Å²) in [4.78, 5) is 39.6. The van der Waals surface area contributed by atoms with E-state index in [1.165, 1.54) is 14.2 Å². The summed E-state index contributed by atoms with van der Waals surface area (Å²) in [7, 11) is 2.71. The first-order valence-corrected chi connectivity index (χ1v) is 11.5. The maximum absolute atomic E-state index is 12.9. The second kappa shape index (κ2) is 10.8. The third-order valence-corrected chi connectivity index (χ3v) is 6.84. The van der Waals surface area contributed by atoms with Gasteiger partial charge in [0.05, 0.1) is 54.3 Å². The number of amides is 2. The first-order chi connectivity index (χ1) is 15.4. The number of carbonyl (C=O) groups is 3. The Morgan fingerprint density at radius 3 is 2.66 bits per heavy atom. The molecular formula is C21H22BrN3O6S. The molecule has 1 aromatic carbocycles. The summed E-state index contributed by atoms with van der Waals surface area (Å²) in [6.07, 6.45) is 0. The molecule has 9 nitrogen and oxygen atoms in total. The maximum atomic E-state index is 12.9. The SMILES string of the molecule is COC(=O)[C@@H]1C(=O)NC(SCC(=O)N2CCOCC2)=C(C#N)[C@H]1c1ccc(OC)c(Br)c1. The summed E-state index contributed by atoms with van der Waals surface area (Å²) in [6.45, 7) is 1.97. The number of halogens is 1. The van der Waals surface area contributed by atoms with E-state index in [9.17, 15) is 19.6 Å². The van der Waals surface area contributed by atoms with E-state index in [1.54, 1.807) is 23.1 Å². The first kappa shape index (κ1) is 24.1. The molecule has 1 saturated heterocycles. The molecule has 1 fully saturated rings. The summed E-state index contributed by atoms with van der Waals surface area (Å²) in [5, 5.41) is 12.8. The van der Waals surface area contributed by atoms with Gasteiger partial charge in [-0.05, 0) is 33.6 Å². The Morgan fingerprint density at radius 2 is 2.06 bits per heavy atom. The van der Waals surface area contributed by atoms with Crippen LogP contribution in [-0.4, -0.2) is 69.0 Å². The minimum absolute atomic E-state index is 0.0444. The second-order valence-electron chi connectivity index (χ2n) is 7.00. The molecule has 0 radical (unpaired) electrons. The molecule has 0 aliphatic carbocycles. The fraction of sp³-hybridized carbons (Fsp3) is 0.429. The molecule has 2 heterocycles. The van der Waals surface area contributed by atoms with Crippen LogP contribution < -0.4 is 10.1 Å². The van der Waals surface area contributed by atoms with Gasteiger partial charge in [0.1, 0.15) is 11.7 Å². The Hall–Kier alpha value is -2.55. The molecule has 1 N–H and O–H groups in total. The molecule has 0 saturated carbocycles. The van der Waals surface area contributed by atoms with Crippen LogP contribution in [0.5, 0.6) is 5.75 Å². The monoisotopic (exact) mass is 523 g/mol. The van der Waals surface area contributed by atoms with Crippen molar-refractivity contribution in [2.24, 2.45) is 5.92 Å². The predicted octanol–water partition coefficient (Wildman–Crippen LogP) is 1.79. The highest BCUT2D eigenvalue weighted by atomic mass is 79.9. The summed E-state index contributed by atoms with van der Waals surface area (Å²) < 4.78 is 16.0. The first-order valence-electron chi connectivity index (χ1n) is 9.76. The molecule has 0 unspecified atom stereocenters. The van der Waals surface area contributed by atoms with Gasteiger partial charge in [-0.2, -0.15) is 5.26 Å². The van der Waals surface area contributed by atoms with Crippen LogP contribution in [0.2, 0.25) is 0 Å². The van der Waals surface area contributed by atoms with Crippen LogP contribution in [0.4, 0.5) is 0 Å². The molecule has 2 atom stereocenters. The number of nitrogens with one attached hydrogen (secondary N) is 1. The van der Waals surface area contributed by atoms with E-state index >= 15 is 0 Å². The Labute approximate surface area is 198 Å². The zero-order valence-electron chi connectivity index (χ0n) is 17.6. The molecule has 2 amide bonds. The van der Waals surface area contributed by atoms with Crippen LogP contribution in [0.25, 0.3) is 0 Å². The van der Waals surface area contributed by atoms with Crippen LogP contribution in [0.15, 0.2) is 33.3 Å². The zero-order valence-corrected chi connectivity index (χ0v) is 20.0. The van der Waals surface area contributed by atoms with Gasteiger partial charge in [0.2, 0.25) is 11.8 Å². The Morgan fingerprint density at radius 1 is 1.34 bits per heavy atom. The molecule has 2 aliphatic heterocycles. The van der Waals surface area contributed by atoms with Gasteiger partial charge in [0, 0.05) is 19.0 Å². The lowest BCUT2D eigenvalue weighted by atomic mass is 9.78. The highest BCUT2D eigenvalue weighted by Gasteiger charge is 2.44. The lowest BCUT2D eigenvalue weighted by Gasteiger charge is -2.31. The topological polar surface area (TPSA) is 118 Å². The number of ether oxygens (including phenoxy) is 3. The molecular weight excluding hydrogens is 502 g/mol. The summed E-state index contributed by atoms with van der Waals surface area (Å²) in [6, 6.07) is 7.21. The Kier molecular flexibility index (Phi) is 8.17. The number of rotatable bonds is 6.